The Kier molecular flexibility index (Phi) is 6.32. The van der Waals surface area contributed by atoms with E-state index in [9.17, 15) is 0 Å². The summed E-state index contributed by atoms with van der Waals surface area (Å²) in [4.78, 5) is 0. The molecule has 0 atom stereocenters. The molecule has 0 aliphatic carbocycles. The minimum atomic E-state index is 0.887. The number of halogens is 3. The van der Waals surface area contributed by atoms with Gasteiger partial charge in [0.25, 0.3) is 0 Å². The molecular weight excluding hydrogens is 504 g/mol. The van der Waals surface area contributed by atoms with Crippen molar-refractivity contribution in [3.05, 3.63) is 92.9 Å². The molecule has 0 unspecified atom stereocenters. The lowest BCUT2D eigenvalue weighted by molar-refractivity contribution is 1.43. The first kappa shape index (κ1) is 18.6. The van der Waals surface area contributed by atoms with Crippen molar-refractivity contribution in [3.8, 4) is 0 Å². The van der Waals surface area contributed by atoms with Crippen molar-refractivity contribution in [2.24, 2.45) is 0 Å². The van der Waals surface area contributed by atoms with Gasteiger partial charge in [-0.25, -0.2) is 0 Å². The van der Waals surface area contributed by atoms with E-state index in [4.69, 9.17) is 0 Å². The van der Waals surface area contributed by atoms with E-state index in [2.05, 4.69) is 128 Å². The van der Waals surface area contributed by atoms with Crippen LogP contribution >= 0.6 is 47.8 Å². The maximum absolute atomic E-state index is 3.61. The molecule has 3 heteroatoms. The SMILES string of the molecule is BrCc1ccc2ccccc2c1Br.Cc1ccc2ccccc2c1Br. The summed E-state index contributed by atoms with van der Waals surface area (Å²) in [5, 5.41) is 6.02. The number of benzene rings is 4. The van der Waals surface area contributed by atoms with E-state index in [-0.39, 0.29) is 0 Å². The lowest BCUT2D eigenvalue weighted by Crippen LogP contribution is -1.81. The third kappa shape index (κ3) is 4.16. The molecule has 4 aromatic carbocycles. The van der Waals surface area contributed by atoms with Gasteiger partial charge in [0.15, 0.2) is 0 Å². The number of alkyl halides is 1. The predicted molar refractivity (Wildman–Crippen MR) is 121 cm³/mol. The highest BCUT2D eigenvalue weighted by Gasteiger charge is 2.02. The third-order valence-electron chi connectivity index (χ3n) is 4.14. The molecule has 0 N–H and O–H groups in total. The van der Waals surface area contributed by atoms with Crippen molar-refractivity contribution < 1.29 is 0 Å². The first-order valence-electron chi connectivity index (χ1n) is 7.97. The number of fused-ring (bicyclic) bond motifs is 2. The highest BCUT2D eigenvalue weighted by molar-refractivity contribution is 9.11. The second-order valence-electron chi connectivity index (χ2n) is 5.81. The highest BCUT2D eigenvalue weighted by atomic mass is 79.9. The predicted octanol–water partition coefficient (Wildman–Crippen LogP) is 8.41. The van der Waals surface area contributed by atoms with E-state index in [0.29, 0.717) is 0 Å². The molecule has 4 rings (SSSR count). The normalized spacial score (nSPS) is 10.6. The van der Waals surface area contributed by atoms with Gasteiger partial charge in [-0.05, 0) is 71.5 Å². The molecule has 0 amide bonds. The summed E-state index contributed by atoms with van der Waals surface area (Å²) in [6, 6.07) is 25.3. The molecule has 126 valence electrons. The van der Waals surface area contributed by atoms with Crippen molar-refractivity contribution in [2.45, 2.75) is 12.3 Å². The van der Waals surface area contributed by atoms with Crippen LogP contribution in [-0.4, -0.2) is 0 Å². The highest BCUT2D eigenvalue weighted by Crippen LogP contribution is 2.29. The summed E-state index contributed by atoms with van der Waals surface area (Å²) in [6.07, 6.45) is 0. The third-order valence-corrected chi connectivity index (χ3v) is 6.74. The Labute approximate surface area is 173 Å². The van der Waals surface area contributed by atoms with Gasteiger partial charge in [-0.2, -0.15) is 0 Å². The van der Waals surface area contributed by atoms with Gasteiger partial charge < -0.3 is 0 Å². The fraction of sp³-hybridized carbons (Fsp3) is 0.0909. The zero-order valence-corrected chi connectivity index (χ0v) is 18.5. The maximum atomic E-state index is 3.61. The van der Waals surface area contributed by atoms with E-state index >= 15 is 0 Å². The summed E-state index contributed by atoms with van der Waals surface area (Å²) >= 11 is 10.7. The molecule has 0 bridgehead atoms. The lowest BCUT2D eigenvalue weighted by Gasteiger charge is -2.04. The topological polar surface area (TPSA) is 0 Å². The van der Waals surface area contributed by atoms with Gasteiger partial charge >= 0.3 is 0 Å². The number of hydrogen-bond donors (Lipinski definition) is 0. The van der Waals surface area contributed by atoms with Crippen LogP contribution in [0.4, 0.5) is 0 Å². The standard InChI is InChI=1S/C11H8Br2.C11H9Br/c12-7-9-6-5-8-3-1-2-4-10(8)11(9)13;1-8-6-7-9-4-2-3-5-10(9)11(8)12/h1-6H,7H2;2-7H,1H3. The Morgan fingerprint density at radius 3 is 1.76 bits per heavy atom. The Bertz CT molecular complexity index is 1020. The van der Waals surface area contributed by atoms with Gasteiger partial charge in [-0.1, -0.05) is 88.7 Å². The molecule has 0 spiro atoms. The minimum absolute atomic E-state index is 0.887. The van der Waals surface area contributed by atoms with Crippen molar-refractivity contribution >= 4 is 69.3 Å². The van der Waals surface area contributed by atoms with Crippen LogP contribution in [0.2, 0.25) is 0 Å². The average molecular weight is 521 g/mol. The van der Waals surface area contributed by atoms with E-state index in [1.807, 2.05) is 0 Å². The molecule has 0 radical (unpaired) electrons. The zero-order chi connectivity index (χ0) is 17.8. The molecule has 0 nitrogen and oxygen atoms in total. The van der Waals surface area contributed by atoms with Crippen LogP contribution in [0.5, 0.6) is 0 Å². The van der Waals surface area contributed by atoms with E-state index < -0.39 is 0 Å². The fourth-order valence-electron chi connectivity index (χ4n) is 2.72. The molecule has 0 heterocycles. The Balaban J connectivity index is 0.000000146. The van der Waals surface area contributed by atoms with Crippen LogP contribution in [0.1, 0.15) is 11.1 Å². The molecule has 0 aromatic heterocycles. The lowest BCUT2D eigenvalue weighted by atomic mass is 10.1. The van der Waals surface area contributed by atoms with Gasteiger partial charge in [0.1, 0.15) is 0 Å². The van der Waals surface area contributed by atoms with Crippen LogP contribution < -0.4 is 0 Å². The van der Waals surface area contributed by atoms with Crippen molar-refractivity contribution in [1.29, 1.82) is 0 Å². The molecule has 4 aromatic rings. The molecule has 0 fully saturated rings. The monoisotopic (exact) mass is 518 g/mol. The van der Waals surface area contributed by atoms with Crippen molar-refractivity contribution in [2.75, 3.05) is 0 Å². The smallest absolute Gasteiger partial charge is 0.0294 e. The van der Waals surface area contributed by atoms with Gasteiger partial charge in [0.05, 0.1) is 0 Å². The van der Waals surface area contributed by atoms with Gasteiger partial charge in [0.2, 0.25) is 0 Å². The van der Waals surface area contributed by atoms with Gasteiger partial charge in [-0.15, -0.1) is 0 Å². The number of rotatable bonds is 1. The summed E-state index contributed by atoms with van der Waals surface area (Å²) in [5.41, 5.74) is 2.58. The summed E-state index contributed by atoms with van der Waals surface area (Å²) in [5.74, 6) is 0. The Morgan fingerprint density at radius 2 is 1.16 bits per heavy atom. The number of aryl methyl sites for hydroxylation is 1. The first-order chi connectivity index (χ1) is 12.1. The Hall–Kier alpha value is -1.16. The first-order valence-corrected chi connectivity index (χ1v) is 10.7. The molecule has 0 aliphatic heterocycles. The van der Waals surface area contributed by atoms with E-state index in [0.717, 1.165) is 5.33 Å². The van der Waals surface area contributed by atoms with E-state index in [1.54, 1.807) is 0 Å². The largest absolute Gasteiger partial charge is 0.0876 e. The maximum Gasteiger partial charge on any atom is 0.0294 e. The van der Waals surface area contributed by atoms with Crippen molar-refractivity contribution in [1.82, 2.24) is 0 Å². The molecule has 0 saturated carbocycles. The van der Waals surface area contributed by atoms with Crippen LogP contribution in [0.25, 0.3) is 21.5 Å². The zero-order valence-electron chi connectivity index (χ0n) is 13.8. The fourth-order valence-corrected chi connectivity index (χ4v) is 4.69. The number of hydrogen-bond acceptors (Lipinski definition) is 0. The van der Waals surface area contributed by atoms with Crippen LogP contribution in [0, 0.1) is 6.92 Å². The minimum Gasteiger partial charge on any atom is -0.0876 e. The van der Waals surface area contributed by atoms with Gasteiger partial charge in [-0.3, -0.25) is 0 Å². The second kappa shape index (κ2) is 8.48. The van der Waals surface area contributed by atoms with Crippen LogP contribution in [0.3, 0.4) is 0 Å². The Morgan fingerprint density at radius 1 is 0.640 bits per heavy atom. The summed E-state index contributed by atoms with van der Waals surface area (Å²) in [7, 11) is 0. The summed E-state index contributed by atoms with van der Waals surface area (Å²) < 4.78 is 2.41. The molecule has 0 saturated heterocycles. The quantitative estimate of drug-likeness (QED) is 0.221. The average Bonchev–Trinajstić information content (AvgIpc) is 2.66. The molecule has 25 heavy (non-hydrogen) atoms. The van der Waals surface area contributed by atoms with E-state index in [1.165, 1.54) is 41.6 Å². The molecular formula is C22H17Br3. The summed E-state index contributed by atoms with van der Waals surface area (Å²) in [6.45, 7) is 2.11. The van der Waals surface area contributed by atoms with Crippen LogP contribution in [-0.2, 0) is 5.33 Å². The van der Waals surface area contributed by atoms with Crippen LogP contribution in [0.15, 0.2) is 81.7 Å². The van der Waals surface area contributed by atoms with Gasteiger partial charge in [0, 0.05) is 14.3 Å². The van der Waals surface area contributed by atoms with Crippen molar-refractivity contribution in [3.63, 3.8) is 0 Å². The second-order valence-corrected chi connectivity index (χ2v) is 7.96. The molecule has 0 aliphatic rings.